The van der Waals surface area contributed by atoms with Crippen LogP contribution in [-0.2, 0) is 22.7 Å². The van der Waals surface area contributed by atoms with Crippen molar-refractivity contribution in [2.24, 2.45) is 5.41 Å². The maximum atomic E-state index is 13.0. The maximum absolute atomic E-state index is 13.0. The molecule has 1 N–H and O–H groups in total. The van der Waals surface area contributed by atoms with Crippen molar-refractivity contribution in [3.63, 3.8) is 0 Å². The van der Waals surface area contributed by atoms with Gasteiger partial charge in [0.2, 0.25) is 5.91 Å². The summed E-state index contributed by atoms with van der Waals surface area (Å²) in [6.07, 6.45) is 3.26. The van der Waals surface area contributed by atoms with E-state index in [9.17, 15) is 14.4 Å². The molecule has 0 spiro atoms. The van der Waals surface area contributed by atoms with Crippen molar-refractivity contribution in [3.05, 3.63) is 71.8 Å². The van der Waals surface area contributed by atoms with Crippen LogP contribution in [0.4, 0.5) is 0 Å². The second kappa shape index (κ2) is 10.1. The van der Waals surface area contributed by atoms with Crippen LogP contribution in [0, 0.1) is 5.41 Å². The lowest BCUT2D eigenvalue weighted by Crippen LogP contribution is -2.38. The zero-order valence-electron chi connectivity index (χ0n) is 18.5. The minimum Gasteiger partial charge on any atom is -0.497 e. The number of nitrogens with zero attached hydrogens (tertiary/aromatic N) is 1. The standard InChI is InChI=1S/C24H26N2O4S2/c1-24(2,3)20(27)13-22-26(23(29)19(32-22)12-18-6-5-11-31-18)15-21(28)25-14-16-7-9-17(30-4)10-8-16/h5-13H,14-15H2,1-4H3,(H,25,28). The molecule has 0 radical (unpaired) electrons. The van der Waals surface area contributed by atoms with Crippen molar-refractivity contribution in [1.82, 2.24) is 9.88 Å². The zero-order valence-corrected chi connectivity index (χ0v) is 20.1. The molecule has 8 heteroatoms. The van der Waals surface area contributed by atoms with Crippen LogP contribution >= 0.6 is 22.7 Å². The van der Waals surface area contributed by atoms with Crippen molar-refractivity contribution in [1.29, 1.82) is 0 Å². The SMILES string of the molecule is COc1ccc(CNC(=O)Cn2c(=CC(=O)C(C)(C)C)sc(=Cc3cccs3)c2=O)cc1. The number of thiazole rings is 1. The predicted molar refractivity (Wildman–Crippen MR) is 129 cm³/mol. The van der Waals surface area contributed by atoms with Crippen LogP contribution in [0.15, 0.2) is 46.6 Å². The number of ketones is 1. The van der Waals surface area contributed by atoms with Crippen molar-refractivity contribution >= 4 is 46.5 Å². The van der Waals surface area contributed by atoms with Gasteiger partial charge in [-0.3, -0.25) is 19.0 Å². The Balaban J connectivity index is 1.88. The molecule has 0 bridgehead atoms. The molecule has 0 saturated carbocycles. The van der Waals surface area contributed by atoms with Crippen LogP contribution in [0.1, 0.15) is 31.2 Å². The van der Waals surface area contributed by atoms with Crippen LogP contribution in [-0.4, -0.2) is 23.4 Å². The summed E-state index contributed by atoms with van der Waals surface area (Å²) in [6.45, 7) is 5.63. The van der Waals surface area contributed by atoms with E-state index in [1.54, 1.807) is 13.2 Å². The first-order chi connectivity index (χ1) is 15.2. The predicted octanol–water partition coefficient (Wildman–Crippen LogP) is 2.52. The lowest BCUT2D eigenvalue weighted by molar-refractivity contribution is -0.122. The van der Waals surface area contributed by atoms with Gasteiger partial charge in [0.25, 0.3) is 5.56 Å². The van der Waals surface area contributed by atoms with Crippen LogP contribution in [0.25, 0.3) is 12.2 Å². The third kappa shape index (κ3) is 6.05. The van der Waals surface area contributed by atoms with Crippen LogP contribution in [0.3, 0.4) is 0 Å². The van der Waals surface area contributed by atoms with E-state index in [-0.39, 0.29) is 23.8 Å². The van der Waals surface area contributed by atoms with E-state index in [2.05, 4.69) is 5.32 Å². The molecule has 1 amide bonds. The van der Waals surface area contributed by atoms with Crippen LogP contribution in [0.2, 0.25) is 0 Å². The number of aromatic nitrogens is 1. The molecule has 0 atom stereocenters. The molecule has 32 heavy (non-hydrogen) atoms. The highest BCUT2D eigenvalue weighted by molar-refractivity contribution is 7.11. The van der Waals surface area contributed by atoms with Gasteiger partial charge in [-0.1, -0.05) is 39.0 Å². The number of amides is 1. The van der Waals surface area contributed by atoms with Gasteiger partial charge < -0.3 is 10.1 Å². The molecular formula is C24H26N2O4S2. The van der Waals surface area contributed by atoms with E-state index in [0.717, 1.165) is 16.2 Å². The van der Waals surface area contributed by atoms with E-state index in [0.29, 0.717) is 15.7 Å². The highest BCUT2D eigenvalue weighted by Crippen LogP contribution is 2.15. The van der Waals surface area contributed by atoms with E-state index in [1.807, 2.05) is 62.5 Å². The van der Waals surface area contributed by atoms with Crippen LogP contribution in [0.5, 0.6) is 5.75 Å². The minimum atomic E-state index is -0.584. The average molecular weight is 471 g/mol. The van der Waals surface area contributed by atoms with Crippen LogP contribution < -0.4 is 24.8 Å². The zero-order chi connectivity index (χ0) is 23.3. The molecule has 1 aromatic carbocycles. The lowest BCUT2D eigenvalue weighted by Gasteiger charge is -2.13. The average Bonchev–Trinajstić information content (AvgIpc) is 3.36. The van der Waals surface area contributed by atoms with Gasteiger partial charge in [-0.15, -0.1) is 22.7 Å². The Kier molecular flexibility index (Phi) is 7.48. The quantitative estimate of drug-likeness (QED) is 0.576. The fourth-order valence-electron chi connectivity index (χ4n) is 2.77. The van der Waals surface area contributed by atoms with Gasteiger partial charge in [-0.05, 0) is 35.2 Å². The van der Waals surface area contributed by atoms with Crippen molar-refractivity contribution < 1.29 is 14.3 Å². The Morgan fingerprint density at radius 3 is 2.47 bits per heavy atom. The number of Topliss-reactive ketones (excluding diaryl/α,β-unsaturated/α-hetero) is 1. The summed E-state index contributed by atoms with van der Waals surface area (Å²) in [5.74, 6) is 0.332. The molecule has 0 aliphatic heterocycles. The van der Waals surface area contributed by atoms with Gasteiger partial charge >= 0.3 is 0 Å². The topological polar surface area (TPSA) is 77.4 Å². The Morgan fingerprint density at radius 2 is 1.88 bits per heavy atom. The smallest absolute Gasteiger partial charge is 0.269 e. The van der Waals surface area contributed by atoms with Gasteiger partial charge in [0.1, 0.15) is 17.0 Å². The number of carbonyl (C=O) groups is 2. The summed E-state index contributed by atoms with van der Waals surface area (Å²) < 4.78 is 7.47. The first kappa shape index (κ1) is 23.7. The van der Waals surface area contributed by atoms with E-state index < -0.39 is 5.41 Å². The Hall–Kier alpha value is -2.97. The Morgan fingerprint density at radius 1 is 1.16 bits per heavy atom. The Labute approximate surface area is 194 Å². The monoisotopic (exact) mass is 470 g/mol. The van der Waals surface area contributed by atoms with Crippen molar-refractivity contribution in [2.75, 3.05) is 7.11 Å². The van der Waals surface area contributed by atoms with E-state index in [1.165, 1.54) is 33.3 Å². The number of methoxy groups -OCH3 is 1. The number of ether oxygens (including phenoxy) is 1. The maximum Gasteiger partial charge on any atom is 0.269 e. The fourth-order valence-corrected chi connectivity index (χ4v) is 4.53. The largest absolute Gasteiger partial charge is 0.497 e. The minimum absolute atomic E-state index is 0.103. The van der Waals surface area contributed by atoms with Crippen molar-refractivity contribution in [3.8, 4) is 5.75 Å². The van der Waals surface area contributed by atoms with Gasteiger partial charge in [-0.25, -0.2) is 0 Å². The number of hydrogen-bond acceptors (Lipinski definition) is 6. The first-order valence-corrected chi connectivity index (χ1v) is 11.8. The molecule has 0 saturated heterocycles. The third-order valence-electron chi connectivity index (χ3n) is 4.70. The number of thiophene rings is 1. The summed E-state index contributed by atoms with van der Waals surface area (Å²) in [4.78, 5) is 39.2. The number of carbonyl (C=O) groups excluding carboxylic acids is 2. The molecule has 3 rings (SSSR count). The van der Waals surface area contributed by atoms with Crippen molar-refractivity contribution in [2.45, 2.75) is 33.9 Å². The molecule has 0 aliphatic carbocycles. The van der Waals surface area contributed by atoms with Gasteiger partial charge in [0.15, 0.2) is 5.78 Å². The van der Waals surface area contributed by atoms with E-state index in [4.69, 9.17) is 4.74 Å². The number of hydrogen-bond donors (Lipinski definition) is 1. The lowest BCUT2D eigenvalue weighted by atomic mass is 9.91. The number of nitrogens with one attached hydrogen (secondary N) is 1. The fraction of sp³-hybridized carbons (Fsp3) is 0.292. The molecule has 168 valence electrons. The van der Waals surface area contributed by atoms with Gasteiger partial charge in [0, 0.05) is 22.9 Å². The molecule has 0 aliphatic rings. The molecule has 2 heterocycles. The number of benzene rings is 1. The third-order valence-corrected chi connectivity index (χ3v) is 6.58. The normalized spacial score (nSPS) is 12.8. The van der Waals surface area contributed by atoms with Gasteiger partial charge in [-0.2, -0.15) is 0 Å². The second-order valence-corrected chi connectivity index (χ2v) is 10.3. The summed E-state index contributed by atoms with van der Waals surface area (Å²) in [7, 11) is 1.60. The second-order valence-electron chi connectivity index (χ2n) is 8.24. The van der Waals surface area contributed by atoms with E-state index >= 15 is 0 Å². The number of rotatable bonds is 7. The summed E-state index contributed by atoms with van der Waals surface area (Å²) in [5.41, 5.74) is 0.0493. The van der Waals surface area contributed by atoms with Gasteiger partial charge in [0.05, 0.1) is 11.6 Å². The first-order valence-electron chi connectivity index (χ1n) is 10.1. The summed E-state index contributed by atoms with van der Waals surface area (Å²) in [5, 5.41) is 4.77. The summed E-state index contributed by atoms with van der Waals surface area (Å²) in [6, 6.07) is 11.2. The molecule has 2 aromatic heterocycles. The molecule has 0 fully saturated rings. The Bertz CT molecular complexity index is 1260. The molecular weight excluding hydrogens is 444 g/mol. The summed E-state index contributed by atoms with van der Waals surface area (Å²) >= 11 is 2.74. The molecule has 6 nitrogen and oxygen atoms in total. The molecule has 0 unspecified atom stereocenters. The highest BCUT2D eigenvalue weighted by Gasteiger charge is 2.20. The molecule has 3 aromatic rings. The highest BCUT2D eigenvalue weighted by atomic mass is 32.1.